The zero-order valence-corrected chi connectivity index (χ0v) is 19.6. The highest BCUT2D eigenvalue weighted by molar-refractivity contribution is 9.11. The van der Waals surface area contributed by atoms with Gasteiger partial charge in [-0.15, -0.1) is 0 Å². The molecule has 6 rings (SSSR count). The molecule has 0 atom stereocenters. The monoisotopic (exact) mass is 558 g/mol. The summed E-state index contributed by atoms with van der Waals surface area (Å²) in [5.41, 5.74) is 4.96. The van der Waals surface area contributed by atoms with Gasteiger partial charge in [-0.2, -0.15) is 0 Å². The number of hydrogen-bond acceptors (Lipinski definition) is 6. The zero-order valence-electron chi connectivity index (χ0n) is 15.7. The maximum absolute atomic E-state index is 5.80. The molecule has 3 N–H and O–H groups in total. The predicted molar refractivity (Wildman–Crippen MR) is 129 cm³/mol. The molecule has 1 aromatic carbocycles. The first-order valence-corrected chi connectivity index (χ1v) is 11.1. The largest absolute Gasteiger partial charge is 0.345 e. The van der Waals surface area contributed by atoms with Crippen molar-refractivity contribution in [3.05, 3.63) is 68.5 Å². The Bertz CT molecular complexity index is 1440. The average Bonchev–Trinajstić information content (AvgIpc) is 3.48. The molecule has 31 heavy (non-hydrogen) atoms. The molecule has 0 fully saturated rings. The number of anilines is 2. The minimum absolute atomic E-state index is 0.461. The molecule has 0 unspecified atom stereocenters. The Morgan fingerprint density at radius 1 is 0.903 bits per heavy atom. The van der Waals surface area contributed by atoms with Gasteiger partial charge in [0.05, 0.1) is 17.3 Å². The highest BCUT2D eigenvalue weighted by Crippen LogP contribution is 2.30. The van der Waals surface area contributed by atoms with E-state index in [1.807, 2.05) is 18.5 Å². The summed E-state index contributed by atoms with van der Waals surface area (Å²) < 4.78 is 1.83. The van der Waals surface area contributed by atoms with Gasteiger partial charge in [0.25, 0.3) is 0 Å². The molecular formula is C20H13Br2ClN8. The van der Waals surface area contributed by atoms with E-state index < -0.39 is 0 Å². The number of fused-ring (bicyclic) bond motifs is 3. The number of benzene rings is 1. The van der Waals surface area contributed by atoms with Gasteiger partial charge in [0, 0.05) is 33.2 Å². The molecule has 0 saturated carbocycles. The Hall–Kier alpha value is -2.82. The number of nitrogens with zero attached hydrogens (tertiary/aromatic N) is 5. The van der Waals surface area contributed by atoms with Crippen LogP contribution in [0.5, 0.6) is 0 Å². The van der Waals surface area contributed by atoms with Crippen molar-refractivity contribution in [1.82, 2.24) is 29.9 Å². The topological polar surface area (TPSA) is 108 Å². The molecule has 5 heterocycles. The lowest BCUT2D eigenvalue weighted by molar-refractivity contribution is 1.11. The lowest BCUT2D eigenvalue weighted by Crippen LogP contribution is -1.96. The second-order valence-electron chi connectivity index (χ2n) is 6.62. The second kappa shape index (κ2) is 8.37. The number of rotatable bonds is 2. The van der Waals surface area contributed by atoms with E-state index in [2.05, 4.69) is 84.2 Å². The van der Waals surface area contributed by atoms with Gasteiger partial charge in [0.2, 0.25) is 0 Å². The molecule has 0 spiro atoms. The molecule has 8 nitrogen and oxygen atoms in total. The Labute approximate surface area is 197 Å². The highest BCUT2D eigenvalue weighted by atomic mass is 79.9. The van der Waals surface area contributed by atoms with E-state index in [-0.39, 0.29) is 0 Å². The summed E-state index contributed by atoms with van der Waals surface area (Å²) in [6.07, 6.45) is 8.52. The van der Waals surface area contributed by atoms with Crippen molar-refractivity contribution in [3.8, 4) is 0 Å². The second-order valence-corrected chi connectivity index (χ2v) is 8.68. The number of aromatic amines is 2. The minimum atomic E-state index is 0.461. The van der Waals surface area contributed by atoms with Crippen molar-refractivity contribution < 1.29 is 0 Å². The molecule has 1 aliphatic heterocycles. The fraction of sp³-hybridized carbons (Fsp3) is 0.0500. The van der Waals surface area contributed by atoms with Gasteiger partial charge in [-0.25, -0.2) is 19.9 Å². The predicted octanol–water partition coefficient (Wildman–Crippen LogP) is 5.77. The lowest BCUT2D eigenvalue weighted by Gasteiger charge is -2.08. The Balaban J connectivity index is 0.000000157. The van der Waals surface area contributed by atoms with Crippen LogP contribution in [0.2, 0.25) is 5.15 Å². The molecular weight excluding hydrogens is 548 g/mol. The van der Waals surface area contributed by atoms with Crippen LogP contribution in [0.25, 0.3) is 22.1 Å². The maximum Gasteiger partial charge on any atom is 0.144 e. The number of nitrogens with one attached hydrogen (secondary N) is 3. The standard InChI is InChI=1S/C14H10BrN5.C6H3BrClN3/c15-11-6-17-13-12(11)14(19-7-18-13)20-10-2-1-8-4-16-5-9(8)3-10;7-3-1-9-6-4(3)5(8)10-2-11-6/h1-3,5-7H,4H2,(H2,17,18,19,20);1-2H,(H,9,10,11). The molecule has 0 bridgehead atoms. The van der Waals surface area contributed by atoms with Crippen LogP contribution in [-0.4, -0.2) is 36.1 Å². The Morgan fingerprint density at radius 3 is 2.39 bits per heavy atom. The zero-order chi connectivity index (χ0) is 21.4. The molecule has 0 amide bonds. The number of hydrogen-bond donors (Lipinski definition) is 3. The SMILES string of the molecule is Brc1c[nH]c2ncnc(Nc3ccc4c(c3)C=NC4)c12.Clc1ncnc2[nH]cc(Br)c12. The first-order valence-electron chi connectivity index (χ1n) is 9.10. The van der Waals surface area contributed by atoms with Crippen molar-refractivity contribution in [2.75, 3.05) is 5.32 Å². The molecule has 5 aromatic rings. The van der Waals surface area contributed by atoms with Crippen molar-refractivity contribution in [2.45, 2.75) is 6.54 Å². The third kappa shape index (κ3) is 3.93. The maximum atomic E-state index is 5.80. The van der Waals surface area contributed by atoms with Crippen LogP contribution in [-0.2, 0) is 6.54 Å². The fourth-order valence-corrected chi connectivity index (χ4v) is 4.55. The third-order valence-electron chi connectivity index (χ3n) is 4.70. The molecule has 11 heteroatoms. The Kier molecular flexibility index (Phi) is 5.43. The van der Waals surface area contributed by atoms with Crippen molar-refractivity contribution in [3.63, 3.8) is 0 Å². The minimum Gasteiger partial charge on any atom is -0.345 e. The lowest BCUT2D eigenvalue weighted by atomic mass is 10.1. The molecule has 0 radical (unpaired) electrons. The van der Waals surface area contributed by atoms with Gasteiger partial charge >= 0.3 is 0 Å². The Morgan fingerprint density at radius 2 is 1.61 bits per heavy atom. The van der Waals surface area contributed by atoms with E-state index in [0.29, 0.717) is 5.15 Å². The molecule has 1 aliphatic rings. The summed E-state index contributed by atoms with van der Waals surface area (Å²) in [6.45, 7) is 0.775. The van der Waals surface area contributed by atoms with Gasteiger partial charge in [0.1, 0.15) is 34.9 Å². The van der Waals surface area contributed by atoms with Crippen molar-refractivity contribution in [2.24, 2.45) is 4.99 Å². The van der Waals surface area contributed by atoms with Gasteiger partial charge in [0.15, 0.2) is 0 Å². The third-order valence-corrected chi connectivity index (χ3v) is 6.24. The molecule has 4 aromatic heterocycles. The van der Waals surface area contributed by atoms with E-state index in [4.69, 9.17) is 11.6 Å². The fourth-order valence-electron chi connectivity index (χ4n) is 3.22. The first-order chi connectivity index (χ1) is 15.1. The highest BCUT2D eigenvalue weighted by Gasteiger charge is 2.11. The van der Waals surface area contributed by atoms with Crippen molar-refractivity contribution in [1.29, 1.82) is 0 Å². The van der Waals surface area contributed by atoms with Crippen LogP contribution >= 0.6 is 43.5 Å². The van der Waals surface area contributed by atoms with Gasteiger partial charge < -0.3 is 15.3 Å². The normalized spacial score (nSPS) is 12.1. The van der Waals surface area contributed by atoms with E-state index >= 15 is 0 Å². The van der Waals surface area contributed by atoms with Crippen LogP contribution in [0.4, 0.5) is 11.5 Å². The molecule has 0 saturated heterocycles. The quantitative estimate of drug-likeness (QED) is 0.238. The van der Waals surface area contributed by atoms with E-state index in [1.165, 1.54) is 11.9 Å². The number of H-pyrrole nitrogens is 2. The summed E-state index contributed by atoms with van der Waals surface area (Å²) >= 11 is 12.6. The van der Waals surface area contributed by atoms with Gasteiger partial charge in [-0.3, -0.25) is 4.99 Å². The van der Waals surface area contributed by atoms with Crippen LogP contribution in [0, 0.1) is 0 Å². The van der Waals surface area contributed by atoms with Gasteiger partial charge in [-0.1, -0.05) is 17.7 Å². The molecule has 154 valence electrons. The van der Waals surface area contributed by atoms with Crippen LogP contribution < -0.4 is 5.32 Å². The summed E-state index contributed by atoms with van der Waals surface area (Å²) in [4.78, 5) is 26.7. The number of halogens is 3. The number of aliphatic imine (C=N–C) groups is 1. The van der Waals surface area contributed by atoms with Crippen molar-refractivity contribution >= 4 is 83.2 Å². The molecule has 0 aliphatic carbocycles. The summed E-state index contributed by atoms with van der Waals surface area (Å²) in [5.74, 6) is 0.776. The van der Waals surface area contributed by atoms with Crippen LogP contribution in [0.1, 0.15) is 11.1 Å². The van der Waals surface area contributed by atoms with E-state index in [9.17, 15) is 0 Å². The van der Waals surface area contributed by atoms with E-state index in [0.717, 1.165) is 54.6 Å². The smallest absolute Gasteiger partial charge is 0.144 e. The number of aromatic nitrogens is 6. The van der Waals surface area contributed by atoms with Crippen LogP contribution in [0.3, 0.4) is 0 Å². The van der Waals surface area contributed by atoms with Gasteiger partial charge in [-0.05, 0) is 55.1 Å². The summed E-state index contributed by atoms with van der Waals surface area (Å²) in [5, 5.41) is 5.58. The summed E-state index contributed by atoms with van der Waals surface area (Å²) in [7, 11) is 0. The first kappa shape index (κ1) is 20.1. The summed E-state index contributed by atoms with van der Waals surface area (Å²) in [6, 6.07) is 6.22. The van der Waals surface area contributed by atoms with Crippen LogP contribution in [0.15, 0.2) is 57.2 Å². The van der Waals surface area contributed by atoms with E-state index in [1.54, 1.807) is 12.5 Å². The average molecular weight is 561 g/mol.